The van der Waals surface area contributed by atoms with Gasteiger partial charge in [-0.3, -0.25) is 0 Å². The molecule has 68 valence electrons. The minimum atomic E-state index is -0.521. The molecule has 0 fully saturated rings. The van der Waals surface area contributed by atoms with Gasteiger partial charge in [-0.25, -0.2) is 0 Å². The van der Waals surface area contributed by atoms with E-state index in [1.165, 1.54) is 0 Å². The molecular weight excluding hydrogens is 186 g/mol. The van der Waals surface area contributed by atoms with Gasteiger partial charge in [-0.05, 0) is 24.6 Å². The van der Waals surface area contributed by atoms with Gasteiger partial charge >= 0.3 is 0 Å². The van der Waals surface area contributed by atoms with Gasteiger partial charge in [-0.2, -0.15) is 0 Å². The van der Waals surface area contributed by atoms with Crippen LogP contribution in [0.15, 0.2) is 24.4 Å². The van der Waals surface area contributed by atoms with Gasteiger partial charge in [0.2, 0.25) is 0 Å². The maximum Gasteiger partial charge on any atom is 0.0776 e. The fourth-order valence-corrected chi connectivity index (χ4v) is 1.82. The zero-order valence-corrected chi connectivity index (χ0v) is 7.97. The molecule has 1 aromatic heterocycles. The van der Waals surface area contributed by atoms with E-state index in [1.54, 1.807) is 6.92 Å². The number of nitrogens with one attached hydrogen (secondary N) is 1. The van der Waals surface area contributed by atoms with Crippen LogP contribution < -0.4 is 0 Å². The molecule has 2 N–H and O–H groups in total. The molecule has 0 saturated heterocycles. The molecule has 0 spiro atoms. The number of aromatic amines is 1. The Hall–Kier alpha value is -0.990. The molecule has 1 unspecified atom stereocenters. The summed E-state index contributed by atoms with van der Waals surface area (Å²) in [5, 5.41) is 11.0. The number of aliphatic hydroxyl groups is 1. The lowest BCUT2D eigenvalue weighted by atomic mass is 10.1. The second-order valence-corrected chi connectivity index (χ2v) is 3.46. The van der Waals surface area contributed by atoms with Gasteiger partial charge in [0.15, 0.2) is 0 Å². The van der Waals surface area contributed by atoms with E-state index in [0.29, 0.717) is 5.02 Å². The van der Waals surface area contributed by atoms with E-state index < -0.39 is 6.10 Å². The molecule has 0 aliphatic carbocycles. The van der Waals surface area contributed by atoms with Crippen molar-refractivity contribution in [1.29, 1.82) is 0 Å². The van der Waals surface area contributed by atoms with Crippen molar-refractivity contribution >= 4 is 22.5 Å². The van der Waals surface area contributed by atoms with Gasteiger partial charge in [0.25, 0.3) is 0 Å². The summed E-state index contributed by atoms with van der Waals surface area (Å²) in [4.78, 5) is 3.06. The van der Waals surface area contributed by atoms with E-state index in [1.807, 2.05) is 24.4 Å². The normalized spacial score (nSPS) is 13.5. The van der Waals surface area contributed by atoms with Crippen LogP contribution in [0.4, 0.5) is 0 Å². The van der Waals surface area contributed by atoms with Crippen LogP contribution in [-0.4, -0.2) is 10.1 Å². The highest BCUT2D eigenvalue weighted by Crippen LogP contribution is 2.30. The van der Waals surface area contributed by atoms with E-state index in [0.717, 1.165) is 16.5 Å². The van der Waals surface area contributed by atoms with E-state index in [4.69, 9.17) is 11.6 Å². The lowest BCUT2D eigenvalue weighted by Crippen LogP contribution is -1.91. The fraction of sp³-hybridized carbons (Fsp3) is 0.200. The highest BCUT2D eigenvalue weighted by atomic mass is 35.5. The molecule has 2 aromatic rings. The second-order valence-electron chi connectivity index (χ2n) is 3.08. The van der Waals surface area contributed by atoms with Gasteiger partial charge in [0, 0.05) is 17.1 Å². The van der Waals surface area contributed by atoms with Crippen molar-refractivity contribution in [2.75, 3.05) is 0 Å². The third kappa shape index (κ3) is 1.32. The van der Waals surface area contributed by atoms with Crippen LogP contribution in [0.2, 0.25) is 5.02 Å². The van der Waals surface area contributed by atoms with Gasteiger partial charge in [0.05, 0.1) is 11.1 Å². The lowest BCUT2D eigenvalue weighted by molar-refractivity contribution is 0.199. The predicted molar refractivity (Wildman–Crippen MR) is 53.9 cm³/mol. The minimum Gasteiger partial charge on any atom is -0.389 e. The van der Waals surface area contributed by atoms with Crippen LogP contribution in [0, 0.1) is 0 Å². The number of halogens is 1. The summed E-state index contributed by atoms with van der Waals surface area (Å²) in [5.74, 6) is 0. The Morgan fingerprint density at radius 1 is 1.38 bits per heavy atom. The number of rotatable bonds is 1. The number of fused-ring (bicyclic) bond motifs is 1. The topological polar surface area (TPSA) is 36.0 Å². The first-order chi connectivity index (χ1) is 6.20. The lowest BCUT2D eigenvalue weighted by Gasteiger charge is -2.07. The first kappa shape index (κ1) is 8.60. The Kier molecular flexibility index (Phi) is 2.02. The summed E-state index contributed by atoms with van der Waals surface area (Å²) in [7, 11) is 0. The molecule has 0 aliphatic rings. The molecule has 3 heteroatoms. The maximum absolute atomic E-state index is 9.41. The molecule has 1 heterocycles. The van der Waals surface area contributed by atoms with Gasteiger partial charge in [0.1, 0.15) is 0 Å². The molecule has 2 rings (SSSR count). The molecule has 0 radical (unpaired) electrons. The molecule has 2 nitrogen and oxygen atoms in total. The van der Waals surface area contributed by atoms with Crippen molar-refractivity contribution in [1.82, 2.24) is 4.98 Å². The van der Waals surface area contributed by atoms with Crippen molar-refractivity contribution in [2.24, 2.45) is 0 Å². The highest BCUT2D eigenvalue weighted by Gasteiger charge is 2.09. The summed E-state index contributed by atoms with van der Waals surface area (Å²) in [6, 6.07) is 5.67. The van der Waals surface area contributed by atoms with E-state index >= 15 is 0 Å². The van der Waals surface area contributed by atoms with Crippen LogP contribution >= 0.6 is 11.6 Å². The molecule has 0 bridgehead atoms. The zero-order chi connectivity index (χ0) is 9.42. The standard InChI is InChI=1S/C10H10ClNO/c1-6(13)7-2-3-9-8(10(7)11)4-5-12-9/h2-6,12-13H,1H3. The molecule has 0 amide bonds. The quantitative estimate of drug-likeness (QED) is 0.721. The summed E-state index contributed by atoms with van der Waals surface area (Å²) in [5.41, 5.74) is 1.77. The SMILES string of the molecule is CC(O)c1ccc2[nH]ccc2c1Cl. The average molecular weight is 196 g/mol. The maximum atomic E-state index is 9.41. The van der Waals surface area contributed by atoms with Gasteiger partial charge < -0.3 is 10.1 Å². The fourth-order valence-electron chi connectivity index (χ4n) is 1.44. The summed E-state index contributed by atoms with van der Waals surface area (Å²) in [6.07, 6.45) is 1.31. The third-order valence-electron chi connectivity index (χ3n) is 2.15. The first-order valence-electron chi connectivity index (χ1n) is 4.13. The Balaban J connectivity index is 2.73. The zero-order valence-electron chi connectivity index (χ0n) is 7.21. The number of benzene rings is 1. The number of aromatic nitrogens is 1. The number of hydrogen-bond acceptors (Lipinski definition) is 1. The molecule has 1 aromatic carbocycles. The molecule has 1 atom stereocenters. The Morgan fingerprint density at radius 3 is 2.85 bits per heavy atom. The average Bonchev–Trinajstić information content (AvgIpc) is 2.52. The van der Waals surface area contributed by atoms with Crippen LogP contribution in [0.5, 0.6) is 0 Å². The summed E-state index contributed by atoms with van der Waals surface area (Å²) < 4.78 is 0. The van der Waals surface area contributed by atoms with E-state index in [9.17, 15) is 5.11 Å². The Morgan fingerprint density at radius 2 is 2.15 bits per heavy atom. The number of hydrogen-bond donors (Lipinski definition) is 2. The number of aliphatic hydroxyl groups excluding tert-OH is 1. The molecule has 0 saturated carbocycles. The third-order valence-corrected chi connectivity index (χ3v) is 2.57. The monoisotopic (exact) mass is 195 g/mol. The largest absolute Gasteiger partial charge is 0.389 e. The van der Waals surface area contributed by atoms with Crippen molar-refractivity contribution in [2.45, 2.75) is 13.0 Å². The molecular formula is C10H10ClNO. The summed E-state index contributed by atoms with van der Waals surface area (Å²) >= 11 is 6.10. The van der Waals surface area contributed by atoms with Crippen molar-refractivity contribution < 1.29 is 5.11 Å². The summed E-state index contributed by atoms with van der Waals surface area (Å²) in [6.45, 7) is 1.71. The van der Waals surface area contributed by atoms with E-state index in [2.05, 4.69) is 4.98 Å². The number of H-pyrrole nitrogens is 1. The minimum absolute atomic E-state index is 0.521. The van der Waals surface area contributed by atoms with Crippen LogP contribution in [-0.2, 0) is 0 Å². The van der Waals surface area contributed by atoms with Gasteiger partial charge in [-0.15, -0.1) is 0 Å². The Bertz CT molecular complexity index is 433. The van der Waals surface area contributed by atoms with Crippen molar-refractivity contribution in [3.05, 3.63) is 35.0 Å². The second kappa shape index (κ2) is 3.05. The van der Waals surface area contributed by atoms with Crippen LogP contribution in [0.1, 0.15) is 18.6 Å². The molecule has 0 aliphatic heterocycles. The van der Waals surface area contributed by atoms with Crippen LogP contribution in [0.25, 0.3) is 10.9 Å². The van der Waals surface area contributed by atoms with Crippen molar-refractivity contribution in [3.8, 4) is 0 Å². The first-order valence-corrected chi connectivity index (χ1v) is 4.51. The molecule has 13 heavy (non-hydrogen) atoms. The van der Waals surface area contributed by atoms with Crippen LogP contribution in [0.3, 0.4) is 0 Å². The Labute approximate surface area is 81.1 Å². The van der Waals surface area contributed by atoms with Gasteiger partial charge in [-0.1, -0.05) is 17.7 Å². The predicted octanol–water partition coefficient (Wildman–Crippen LogP) is 2.87. The smallest absolute Gasteiger partial charge is 0.0776 e. The van der Waals surface area contributed by atoms with E-state index in [-0.39, 0.29) is 0 Å². The van der Waals surface area contributed by atoms with Crippen molar-refractivity contribution in [3.63, 3.8) is 0 Å². The highest BCUT2D eigenvalue weighted by molar-refractivity contribution is 6.36.